The summed E-state index contributed by atoms with van der Waals surface area (Å²) in [5.41, 5.74) is 6.05. The van der Waals surface area contributed by atoms with Crippen LogP contribution in [0.25, 0.3) is 0 Å². The Balaban J connectivity index is 1.70. The van der Waals surface area contributed by atoms with Crippen LogP contribution >= 0.6 is 0 Å². The average Bonchev–Trinajstić information content (AvgIpc) is 3.11. The summed E-state index contributed by atoms with van der Waals surface area (Å²) >= 11 is 0. The number of amides is 1. The molecule has 1 atom stereocenters. The van der Waals surface area contributed by atoms with Gasteiger partial charge in [0.05, 0.1) is 0 Å². The molecular weight excluding hydrogens is 224 g/mol. The predicted octanol–water partition coefficient (Wildman–Crippen LogP) is 2.30. The average molecular weight is 252 g/mol. The third kappa shape index (κ3) is 3.98. The second-order valence-electron chi connectivity index (χ2n) is 7.32. The monoisotopic (exact) mass is 252 g/mol. The molecule has 3 heteroatoms. The van der Waals surface area contributed by atoms with Gasteiger partial charge in [-0.25, -0.2) is 0 Å². The first-order valence-corrected chi connectivity index (χ1v) is 7.40. The van der Waals surface area contributed by atoms with E-state index in [1.54, 1.807) is 0 Å². The first-order valence-electron chi connectivity index (χ1n) is 7.40. The van der Waals surface area contributed by atoms with Crippen molar-refractivity contribution in [1.82, 2.24) is 5.32 Å². The summed E-state index contributed by atoms with van der Waals surface area (Å²) in [6.07, 6.45) is 5.94. The third-order valence-corrected chi connectivity index (χ3v) is 4.51. The minimum Gasteiger partial charge on any atom is -0.356 e. The van der Waals surface area contributed by atoms with Gasteiger partial charge in [0.15, 0.2) is 0 Å². The Morgan fingerprint density at radius 2 is 1.72 bits per heavy atom. The zero-order chi connectivity index (χ0) is 13.3. The quantitative estimate of drug-likeness (QED) is 0.762. The summed E-state index contributed by atoms with van der Waals surface area (Å²) in [7, 11) is 0. The lowest BCUT2D eigenvalue weighted by Crippen LogP contribution is -2.41. The van der Waals surface area contributed by atoms with Crippen LogP contribution in [0.1, 0.15) is 52.9 Å². The maximum atomic E-state index is 11.9. The van der Waals surface area contributed by atoms with Gasteiger partial charge < -0.3 is 11.1 Å². The van der Waals surface area contributed by atoms with E-state index in [9.17, 15) is 4.79 Å². The highest BCUT2D eigenvalue weighted by Crippen LogP contribution is 2.48. The van der Waals surface area contributed by atoms with Gasteiger partial charge in [0, 0.05) is 19.0 Å². The number of nitrogens with one attached hydrogen (secondary N) is 1. The topological polar surface area (TPSA) is 55.1 Å². The minimum absolute atomic E-state index is 0.00370. The summed E-state index contributed by atoms with van der Waals surface area (Å²) < 4.78 is 0. The molecule has 3 N–H and O–H groups in total. The number of rotatable bonds is 6. The second-order valence-corrected chi connectivity index (χ2v) is 7.32. The minimum atomic E-state index is -0.0576. The fraction of sp³-hybridized carbons (Fsp3) is 0.933. The van der Waals surface area contributed by atoms with Crippen molar-refractivity contribution in [3.05, 3.63) is 0 Å². The Labute approximate surface area is 111 Å². The summed E-state index contributed by atoms with van der Waals surface area (Å²) in [4.78, 5) is 11.9. The molecule has 1 unspecified atom stereocenters. The highest BCUT2D eigenvalue weighted by Gasteiger charge is 2.41. The zero-order valence-electron chi connectivity index (χ0n) is 12.0. The van der Waals surface area contributed by atoms with Gasteiger partial charge in [-0.1, -0.05) is 20.8 Å². The Kier molecular flexibility index (Phi) is 4.00. The van der Waals surface area contributed by atoms with Crippen LogP contribution in [0, 0.1) is 23.2 Å². The van der Waals surface area contributed by atoms with E-state index >= 15 is 0 Å². The number of hydrogen-bond acceptors (Lipinski definition) is 2. The van der Waals surface area contributed by atoms with Gasteiger partial charge in [-0.15, -0.1) is 0 Å². The molecule has 0 aromatic carbocycles. The summed E-state index contributed by atoms with van der Waals surface area (Å²) in [5.74, 6) is 2.67. The number of nitrogens with two attached hydrogens (primary N) is 1. The summed E-state index contributed by atoms with van der Waals surface area (Å²) in [5, 5.41) is 3.11. The van der Waals surface area contributed by atoms with Gasteiger partial charge >= 0.3 is 0 Å². The van der Waals surface area contributed by atoms with E-state index in [1.807, 2.05) is 0 Å². The van der Waals surface area contributed by atoms with Crippen LogP contribution in [0.2, 0.25) is 0 Å². The number of carbonyl (C=O) groups is 1. The van der Waals surface area contributed by atoms with Crippen LogP contribution in [0.5, 0.6) is 0 Å². The van der Waals surface area contributed by atoms with E-state index in [2.05, 4.69) is 26.1 Å². The molecule has 0 radical (unpaired) electrons. The molecule has 104 valence electrons. The molecule has 0 heterocycles. The standard InChI is InChI=1S/C15H28N2O/c1-15(2,3)13(16)8-14(18)17-9-12(10-4-5-10)11-6-7-11/h10-13H,4-9,16H2,1-3H3,(H,17,18). The highest BCUT2D eigenvalue weighted by molar-refractivity contribution is 5.76. The van der Waals surface area contributed by atoms with Gasteiger partial charge in [0.2, 0.25) is 5.91 Å². The van der Waals surface area contributed by atoms with E-state index < -0.39 is 0 Å². The summed E-state index contributed by atoms with van der Waals surface area (Å²) in [6, 6.07) is -0.0576. The van der Waals surface area contributed by atoms with Gasteiger partial charge in [-0.3, -0.25) is 4.79 Å². The first-order chi connectivity index (χ1) is 8.38. The Bertz CT molecular complexity index is 288. The SMILES string of the molecule is CC(C)(C)C(N)CC(=O)NCC(C1CC1)C1CC1. The highest BCUT2D eigenvalue weighted by atomic mass is 16.1. The van der Waals surface area contributed by atoms with Crippen molar-refractivity contribution >= 4 is 5.91 Å². The van der Waals surface area contributed by atoms with Crippen molar-refractivity contribution in [1.29, 1.82) is 0 Å². The summed E-state index contributed by atoms with van der Waals surface area (Å²) in [6.45, 7) is 7.14. The lowest BCUT2D eigenvalue weighted by Gasteiger charge is -2.26. The van der Waals surface area contributed by atoms with Gasteiger partial charge in [-0.05, 0) is 48.9 Å². The lowest BCUT2D eigenvalue weighted by molar-refractivity contribution is -0.122. The lowest BCUT2D eigenvalue weighted by atomic mass is 9.85. The molecule has 2 fully saturated rings. The fourth-order valence-corrected chi connectivity index (χ4v) is 2.58. The van der Waals surface area contributed by atoms with Crippen molar-refractivity contribution in [3.8, 4) is 0 Å². The predicted molar refractivity (Wildman–Crippen MR) is 74.0 cm³/mol. The van der Waals surface area contributed by atoms with Crippen molar-refractivity contribution in [2.45, 2.75) is 58.9 Å². The Morgan fingerprint density at radius 3 is 2.11 bits per heavy atom. The molecule has 0 aromatic rings. The molecule has 2 saturated carbocycles. The van der Waals surface area contributed by atoms with Crippen molar-refractivity contribution in [3.63, 3.8) is 0 Å². The molecule has 2 aliphatic rings. The maximum absolute atomic E-state index is 11.9. The van der Waals surface area contributed by atoms with Crippen molar-refractivity contribution < 1.29 is 4.79 Å². The van der Waals surface area contributed by atoms with Crippen LogP contribution in [0.3, 0.4) is 0 Å². The van der Waals surface area contributed by atoms with E-state index in [0.29, 0.717) is 6.42 Å². The third-order valence-electron chi connectivity index (χ3n) is 4.51. The van der Waals surface area contributed by atoms with Crippen LogP contribution in [-0.2, 0) is 4.79 Å². The van der Waals surface area contributed by atoms with Crippen molar-refractivity contribution in [2.75, 3.05) is 6.54 Å². The zero-order valence-corrected chi connectivity index (χ0v) is 12.0. The number of hydrogen-bond donors (Lipinski definition) is 2. The van der Waals surface area contributed by atoms with Crippen LogP contribution in [0.4, 0.5) is 0 Å². The molecule has 2 aliphatic carbocycles. The molecule has 0 bridgehead atoms. The Hall–Kier alpha value is -0.570. The smallest absolute Gasteiger partial charge is 0.221 e. The maximum Gasteiger partial charge on any atom is 0.221 e. The first kappa shape index (κ1) is 13.9. The van der Waals surface area contributed by atoms with Crippen LogP contribution in [-0.4, -0.2) is 18.5 Å². The van der Waals surface area contributed by atoms with Crippen LogP contribution in [0.15, 0.2) is 0 Å². The molecule has 0 saturated heterocycles. The fourth-order valence-electron chi connectivity index (χ4n) is 2.58. The van der Waals surface area contributed by atoms with E-state index in [0.717, 1.165) is 24.3 Å². The van der Waals surface area contributed by atoms with Gasteiger partial charge in [0.1, 0.15) is 0 Å². The molecule has 18 heavy (non-hydrogen) atoms. The second kappa shape index (κ2) is 5.20. The van der Waals surface area contributed by atoms with E-state index in [4.69, 9.17) is 5.73 Å². The molecule has 2 rings (SSSR count). The molecule has 0 spiro atoms. The number of carbonyl (C=O) groups excluding carboxylic acids is 1. The molecular formula is C15H28N2O. The van der Waals surface area contributed by atoms with Gasteiger partial charge in [-0.2, -0.15) is 0 Å². The molecule has 1 amide bonds. The van der Waals surface area contributed by atoms with Gasteiger partial charge in [0.25, 0.3) is 0 Å². The van der Waals surface area contributed by atoms with Crippen LogP contribution < -0.4 is 11.1 Å². The Morgan fingerprint density at radius 1 is 1.22 bits per heavy atom. The van der Waals surface area contributed by atoms with Crippen molar-refractivity contribution in [2.24, 2.45) is 28.9 Å². The van der Waals surface area contributed by atoms with E-state index in [-0.39, 0.29) is 17.4 Å². The largest absolute Gasteiger partial charge is 0.356 e. The normalized spacial score (nSPS) is 22.1. The van der Waals surface area contributed by atoms with E-state index in [1.165, 1.54) is 25.7 Å². The molecule has 3 nitrogen and oxygen atoms in total. The molecule has 0 aliphatic heterocycles. The molecule has 0 aromatic heterocycles.